The maximum absolute atomic E-state index is 4.97. The fourth-order valence-corrected chi connectivity index (χ4v) is 7.11. The number of imidazole rings is 1. The van der Waals surface area contributed by atoms with Crippen molar-refractivity contribution < 1.29 is 0 Å². The smallest absolute Gasteiger partial charge is 0.109 e. The van der Waals surface area contributed by atoms with Crippen LogP contribution in [0.3, 0.4) is 0 Å². The molecule has 4 heterocycles. The quantitative estimate of drug-likeness (QED) is 0.406. The molecule has 3 saturated carbocycles. The van der Waals surface area contributed by atoms with Crippen molar-refractivity contribution in [3.63, 3.8) is 0 Å². The molecule has 6 nitrogen and oxygen atoms in total. The molecule has 0 bridgehead atoms. The Labute approximate surface area is 209 Å². The zero-order chi connectivity index (χ0) is 23.4. The topological polar surface area (TPSA) is 78.8 Å². The monoisotopic (exact) mass is 472 g/mol. The van der Waals surface area contributed by atoms with E-state index in [1.54, 1.807) is 0 Å². The van der Waals surface area contributed by atoms with Crippen molar-refractivity contribution in [2.45, 2.75) is 56.5 Å². The zero-order valence-corrected chi connectivity index (χ0v) is 20.1. The number of hydrogen-bond donors (Lipinski definition) is 2. The van der Waals surface area contributed by atoms with Crippen LogP contribution in [0, 0.1) is 17.8 Å². The summed E-state index contributed by atoms with van der Waals surface area (Å²) < 4.78 is 0. The Kier molecular flexibility index (Phi) is 3.90. The third-order valence-corrected chi connectivity index (χ3v) is 9.37. The molecule has 6 heteroatoms. The lowest BCUT2D eigenvalue weighted by Gasteiger charge is -2.12. The molecule has 2 aliphatic heterocycles. The van der Waals surface area contributed by atoms with Crippen LogP contribution in [0.15, 0.2) is 53.8 Å². The molecule has 0 spiro atoms. The summed E-state index contributed by atoms with van der Waals surface area (Å²) in [5.41, 5.74) is 9.82. The molecule has 2 N–H and O–H groups in total. The summed E-state index contributed by atoms with van der Waals surface area (Å²) >= 11 is 0. The number of aliphatic imine (C=N–C) groups is 1. The van der Waals surface area contributed by atoms with Gasteiger partial charge in [-0.2, -0.15) is 0 Å². The largest absolute Gasteiger partial charge is 0.340 e. The average Bonchev–Trinajstić information content (AvgIpc) is 3.49. The fraction of sp³-hybridized carbons (Fsp3) is 0.400. The number of hydrogen-bond acceptors (Lipinski definition) is 5. The fourth-order valence-electron chi connectivity index (χ4n) is 7.11. The SMILES string of the molecule is c1cc2c(cc1-c1ccc3nc(-c4cnc(C5C[C@@H]6C[C@@H]6C5)[nH]4)cnc3c1)CC([C@@H]1C[C@H]3C[C@H]3N1)=N2. The van der Waals surface area contributed by atoms with E-state index in [1.807, 2.05) is 12.4 Å². The molecule has 1 unspecified atom stereocenters. The van der Waals surface area contributed by atoms with Gasteiger partial charge in [0, 0.05) is 30.1 Å². The van der Waals surface area contributed by atoms with Gasteiger partial charge in [0.15, 0.2) is 0 Å². The summed E-state index contributed by atoms with van der Waals surface area (Å²) in [6.07, 6.45) is 11.4. The Hall–Kier alpha value is -3.38. The zero-order valence-electron chi connectivity index (χ0n) is 20.1. The van der Waals surface area contributed by atoms with Gasteiger partial charge in [0.2, 0.25) is 0 Å². The number of benzene rings is 2. The van der Waals surface area contributed by atoms with Crippen molar-refractivity contribution in [2.75, 3.05) is 0 Å². The van der Waals surface area contributed by atoms with Gasteiger partial charge in [0.1, 0.15) is 11.5 Å². The van der Waals surface area contributed by atoms with Crippen molar-refractivity contribution in [1.29, 1.82) is 0 Å². The summed E-state index contributed by atoms with van der Waals surface area (Å²) in [4.78, 5) is 22.9. The Morgan fingerprint density at radius 1 is 0.778 bits per heavy atom. The standard InChI is InChI=1S/C30H28N6/c1-3-22-19(11-26(33-22)27-12-20-10-24(20)35-27)5-15(1)16-2-4-23-25(9-16)31-13-28(34-23)29-14-32-30(36-29)21-7-17-6-18(17)8-21/h1-5,9,13-14,17-18,20-21,24,27,35H,6-8,10-12H2,(H,32,36)/t17-,18+,20-,21?,24-,27+/m1/s1. The van der Waals surface area contributed by atoms with E-state index >= 15 is 0 Å². The Morgan fingerprint density at radius 3 is 2.56 bits per heavy atom. The molecule has 3 aliphatic carbocycles. The van der Waals surface area contributed by atoms with E-state index in [2.05, 4.69) is 46.7 Å². The molecule has 2 aromatic carbocycles. The summed E-state index contributed by atoms with van der Waals surface area (Å²) in [5.74, 6) is 4.51. The molecule has 0 amide bonds. The molecule has 1 saturated heterocycles. The highest BCUT2D eigenvalue weighted by molar-refractivity contribution is 5.98. The van der Waals surface area contributed by atoms with E-state index < -0.39 is 0 Å². The maximum atomic E-state index is 4.97. The lowest BCUT2D eigenvalue weighted by Crippen LogP contribution is -2.33. The predicted molar refractivity (Wildman–Crippen MR) is 140 cm³/mol. The number of piperidine rings is 1. The summed E-state index contributed by atoms with van der Waals surface area (Å²) in [6.45, 7) is 0. The third-order valence-electron chi connectivity index (χ3n) is 9.37. The molecular weight excluding hydrogens is 444 g/mol. The van der Waals surface area contributed by atoms with E-state index in [9.17, 15) is 0 Å². The molecule has 2 aromatic heterocycles. The molecular formula is C30H28N6. The minimum atomic E-state index is 0.476. The van der Waals surface area contributed by atoms with Crippen LogP contribution in [0.25, 0.3) is 33.5 Å². The number of aromatic amines is 1. The number of aromatic nitrogens is 4. The lowest BCUT2D eigenvalue weighted by molar-refractivity contribution is 0.596. The first kappa shape index (κ1) is 19.8. The van der Waals surface area contributed by atoms with E-state index in [1.165, 1.54) is 54.5 Å². The van der Waals surface area contributed by atoms with Crippen LogP contribution in [0.4, 0.5) is 5.69 Å². The normalized spacial score (nSPS) is 31.3. The molecule has 36 heavy (non-hydrogen) atoms. The van der Waals surface area contributed by atoms with Gasteiger partial charge in [-0.3, -0.25) is 9.98 Å². The van der Waals surface area contributed by atoms with Crippen molar-refractivity contribution in [2.24, 2.45) is 22.7 Å². The van der Waals surface area contributed by atoms with Crippen molar-refractivity contribution in [3.05, 3.63) is 60.2 Å². The number of nitrogens with zero attached hydrogens (tertiary/aromatic N) is 4. The Balaban J connectivity index is 0.965. The number of nitrogens with one attached hydrogen (secondary N) is 2. The Morgan fingerprint density at radius 2 is 1.67 bits per heavy atom. The molecule has 4 fully saturated rings. The number of rotatable bonds is 4. The molecule has 6 atom stereocenters. The van der Waals surface area contributed by atoms with E-state index in [4.69, 9.17) is 19.9 Å². The van der Waals surface area contributed by atoms with Crippen molar-refractivity contribution in [1.82, 2.24) is 25.3 Å². The molecule has 9 rings (SSSR count). The van der Waals surface area contributed by atoms with E-state index in [0.29, 0.717) is 12.0 Å². The highest BCUT2D eigenvalue weighted by Gasteiger charge is 2.48. The van der Waals surface area contributed by atoms with Crippen molar-refractivity contribution >= 4 is 22.4 Å². The Bertz CT molecular complexity index is 1560. The van der Waals surface area contributed by atoms with Crippen LogP contribution in [0.1, 0.15) is 49.4 Å². The second-order valence-electron chi connectivity index (χ2n) is 11.7. The highest BCUT2D eigenvalue weighted by Crippen LogP contribution is 2.57. The summed E-state index contributed by atoms with van der Waals surface area (Å²) in [7, 11) is 0. The van der Waals surface area contributed by atoms with Gasteiger partial charge in [0.05, 0.1) is 34.8 Å². The first-order valence-electron chi connectivity index (χ1n) is 13.5. The van der Waals surface area contributed by atoms with E-state index in [-0.39, 0.29) is 0 Å². The number of fused-ring (bicyclic) bond motifs is 4. The van der Waals surface area contributed by atoms with Gasteiger partial charge < -0.3 is 10.3 Å². The maximum Gasteiger partial charge on any atom is 0.109 e. The van der Waals surface area contributed by atoms with E-state index in [0.717, 1.165) is 64.1 Å². The van der Waals surface area contributed by atoms with Crippen LogP contribution in [0.2, 0.25) is 0 Å². The van der Waals surface area contributed by atoms with Gasteiger partial charge in [-0.25, -0.2) is 9.97 Å². The molecule has 4 aromatic rings. The van der Waals surface area contributed by atoms with Gasteiger partial charge in [0.25, 0.3) is 0 Å². The highest BCUT2D eigenvalue weighted by atomic mass is 15.1. The third kappa shape index (κ3) is 3.13. The van der Waals surface area contributed by atoms with Gasteiger partial charge in [-0.05, 0) is 90.8 Å². The molecule has 0 radical (unpaired) electrons. The second-order valence-corrected chi connectivity index (χ2v) is 11.7. The molecule has 5 aliphatic rings. The minimum Gasteiger partial charge on any atom is -0.340 e. The van der Waals surface area contributed by atoms with Crippen LogP contribution in [-0.4, -0.2) is 37.7 Å². The summed E-state index contributed by atoms with van der Waals surface area (Å²) in [6, 6.07) is 14.3. The predicted octanol–water partition coefficient (Wildman–Crippen LogP) is 5.58. The molecule has 178 valence electrons. The van der Waals surface area contributed by atoms with Crippen LogP contribution < -0.4 is 5.32 Å². The van der Waals surface area contributed by atoms with Gasteiger partial charge in [-0.15, -0.1) is 0 Å². The first-order chi connectivity index (χ1) is 17.7. The summed E-state index contributed by atoms with van der Waals surface area (Å²) in [5, 5.41) is 3.75. The van der Waals surface area contributed by atoms with Gasteiger partial charge in [-0.1, -0.05) is 12.1 Å². The first-order valence-corrected chi connectivity index (χ1v) is 13.5. The number of H-pyrrole nitrogens is 1. The second kappa shape index (κ2) is 7.10. The average molecular weight is 473 g/mol. The van der Waals surface area contributed by atoms with Crippen LogP contribution in [0.5, 0.6) is 0 Å². The van der Waals surface area contributed by atoms with Crippen LogP contribution in [-0.2, 0) is 6.42 Å². The lowest BCUT2D eigenvalue weighted by atomic mass is 9.98. The van der Waals surface area contributed by atoms with Gasteiger partial charge >= 0.3 is 0 Å². The van der Waals surface area contributed by atoms with Crippen molar-refractivity contribution in [3.8, 4) is 22.5 Å². The van der Waals surface area contributed by atoms with Crippen LogP contribution >= 0.6 is 0 Å². The minimum absolute atomic E-state index is 0.476.